The van der Waals surface area contributed by atoms with E-state index in [9.17, 15) is 0 Å². The highest BCUT2D eigenvalue weighted by Gasteiger charge is 2.24. The SMILES string of the molecule is CN(c1ccncn1)C1CCN(Cc2cnc3n2CCCC3)CC1. The van der Waals surface area contributed by atoms with Gasteiger partial charge < -0.3 is 9.47 Å². The molecule has 1 saturated heterocycles. The van der Waals surface area contributed by atoms with Crippen molar-refractivity contribution >= 4 is 5.82 Å². The molecule has 24 heavy (non-hydrogen) atoms. The molecule has 6 heteroatoms. The predicted octanol–water partition coefficient (Wildman–Crippen LogP) is 2.11. The van der Waals surface area contributed by atoms with E-state index in [0.29, 0.717) is 6.04 Å². The molecule has 0 unspecified atom stereocenters. The number of rotatable bonds is 4. The van der Waals surface area contributed by atoms with E-state index < -0.39 is 0 Å². The normalized spacial score (nSPS) is 19.2. The van der Waals surface area contributed by atoms with Gasteiger partial charge in [-0.05, 0) is 31.7 Å². The summed E-state index contributed by atoms with van der Waals surface area (Å²) in [6.45, 7) is 4.47. The van der Waals surface area contributed by atoms with Gasteiger partial charge in [-0.3, -0.25) is 4.90 Å². The minimum absolute atomic E-state index is 0.565. The van der Waals surface area contributed by atoms with Gasteiger partial charge in [-0.25, -0.2) is 15.0 Å². The number of likely N-dealkylation sites (tertiary alicyclic amines) is 1. The Balaban J connectivity index is 1.34. The van der Waals surface area contributed by atoms with Crippen molar-refractivity contribution in [2.24, 2.45) is 0 Å². The highest BCUT2D eigenvalue weighted by Crippen LogP contribution is 2.22. The van der Waals surface area contributed by atoms with E-state index in [2.05, 4.69) is 42.6 Å². The Hall–Kier alpha value is -1.95. The average molecular weight is 326 g/mol. The zero-order valence-electron chi connectivity index (χ0n) is 14.4. The maximum Gasteiger partial charge on any atom is 0.131 e. The number of fused-ring (bicyclic) bond motifs is 1. The third-order valence-corrected chi connectivity index (χ3v) is 5.47. The van der Waals surface area contributed by atoms with Crippen molar-refractivity contribution in [3.05, 3.63) is 36.3 Å². The fourth-order valence-electron chi connectivity index (χ4n) is 3.98. The molecular weight excluding hydrogens is 300 g/mol. The summed E-state index contributed by atoms with van der Waals surface area (Å²) in [6, 6.07) is 2.56. The second-order valence-corrected chi connectivity index (χ2v) is 6.96. The van der Waals surface area contributed by atoms with E-state index in [4.69, 9.17) is 0 Å². The van der Waals surface area contributed by atoms with Crippen molar-refractivity contribution in [3.8, 4) is 0 Å². The van der Waals surface area contributed by atoms with Gasteiger partial charge in [0, 0.05) is 58.1 Å². The Morgan fingerprint density at radius 1 is 1.17 bits per heavy atom. The van der Waals surface area contributed by atoms with Crippen molar-refractivity contribution in [1.29, 1.82) is 0 Å². The summed E-state index contributed by atoms with van der Waals surface area (Å²) in [5.74, 6) is 2.31. The standard InChI is InChI=1S/C18H26N6/c1-22(17-5-8-19-14-21-17)15-6-10-23(11-7-15)13-16-12-20-18-4-2-3-9-24(16)18/h5,8,12,14-15H,2-4,6-7,9-11,13H2,1H3. The molecule has 6 nitrogen and oxygen atoms in total. The highest BCUT2D eigenvalue weighted by atomic mass is 15.2. The molecule has 0 atom stereocenters. The van der Waals surface area contributed by atoms with Crippen LogP contribution < -0.4 is 4.90 Å². The summed E-state index contributed by atoms with van der Waals surface area (Å²) in [6.07, 6.45) is 11.6. The summed E-state index contributed by atoms with van der Waals surface area (Å²) in [7, 11) is 2.15. The smallest absolute Gasteiger partial charge is 0.131 e. The summed E-state index contributed by atoms with van der Waals surface area (Å²) < 4.78 is 2.45. The van der Waals surface area contributed by atoms with E-state index in [0.717, 1.165) is 38.4 Å². The van der Waals surface area contributed by atoms with Crippen LogP contribution in [0.4, 0.5) is 5.82 Å². The number of piperidine rings is 1. The van der Waals surface area contributed by atoms with Crippen LogP contribution in [0.15, 0.2) is 24.8 Å². The van der Waals surface area contributed by atoms with Gasteiger partial charge in [0.2, 0.25) is 0 Å². The lowest BCUT2D eigenvalue weighted by Crippen LogP contribution is -2.43. The van der Waals surface area contributed by atoms with Crippen LogP contribution in [0.5, 0.6) is 0 Å². The maximum atomic E-state index is 4.62. The zero-order valence-corrected chi connectivity index (χ0v) is 14.4. The quantitative estimate of drug-likeness (QED) is 0.861. The van der Waals surface area contributed by atoms with Crippen molar-refractivity contribution < 1.29 is 0 Å². The first kappa shape index (κ1) is 15.6. The van der Waals surface area contributed by atoms with Crippen LogP contribution in [-0.4, -0.2) is 50.6 Å². The second-order valence-electron chi connectivity index (χ2n) is 6.96. The number of hydrogen-bond acceptors (Lipinski definition) is 5. The van der Waals surface area contributed by atoms with Crippen LogP contribution in [0, 0.1) is 0 Å². The van der Waals surface area contributed by atoms with Crippen molar-refractivity contribution in [2.45, 2.75) is 51.2 Å². The van der Waals surface area contributed by atoms with E-state index in [1.54, 1.807) is 6.33 Å². The first-order chi connectivity index (χ1) is 11.8. The predicted molar refractivity (Wildman–Crippen MR) is 93.9 cm³/mol. The minimum Gasteiger partial charge on any atom is -0.356 e. The number of imidazole rings is 1. The van der Waals surface area contributed by atoms with Gasteiger partial charge in [0.1, 0.15) is 18.0 Å². The zero-order chi connectivity index (χ0) is 16.4. The Kier molecular flexibility index (Phi) is 4.47. The van der Waals surface area contributed by atoms with Gasteiger partial charge in [0.05, 0.1) is 5.69 Å². The largest absolute Gasteiger partial charge is 0.356 e. The maximum absolute atomic E-state index is 4.62. The van der Waals surface area contributed by atoms with Crippen LogP contribution in [0.3, 0.4) is 0 Å². The molecule has 0 aliphatic carbocycles. The van der Waals surface area contributed by atoms with Crippen LogP contribution in [0.25, 0.3) is 0 Å². The molecular formula is C18H26N6. The molecule has 0 bridgehead atoms. The first-order valence-electron chi connectivity index (χ1n) is 9.06. The minimum atomic E-state index is 0.565. The Bertz CT molecular complexity index is 659. The highest BCUT2D eigenvalue weighted by molar-refractivity contribution is 5.36. The fourth-order valence-corrected chi connectivity index (χ4v) is 3.98. The Morgan fingerprint density at radius 3 is 2.83 bits per heavy atom. The van der Waals surface area contributed by atoms with Gasteiger partial charge >= 0.3 is 0 Å². The van der Waals surface area contributed by atoms with Crippen LogP contribution in [-0.2, 0) is 19.5 Å². The molecule has 0 amide bonds. The molecule has 4 heterocycles. The lowest BCUT2D eigenvalue weighted by Gasteiger charge is -2.37. The molecule has 0 spiro atoms. The van der Waals surface area contributed by atoms with Gasteiger partial charge in [0.25, 0.3) is 0 Å². The number of hydrogen-bond donors (Lipinski definition) is 0. The summed E-state index contributed by atoms with van der Waals surface area (Å²) in [5, 5.41) is 0. The van der Waals surface area contributed by atoms with Gasteiger partial charge in [-0.2, -0.15) is 0 Å². The second kappa shape index (κ2) is 6.89. The number of aromatic nitrogens is 4. The molecule has 2 aliphatic heterocycles. The van der Waals surface area contributed by atoms with E-state index in [1.165, 1.54) is 37.2 Å². The molecule has 1 fully saturated rings. The summed E-state index contributed by atoms with van der Waals surface area (Å²) >= 11 is 0. The van der Waals surface area contributed by atoms with E-state index in [1.807, 2.05) is 12.3 Å². The van der Waals surface area contributed by atoms with Crippen LogP contribution in [0.2, 0.25) is 0 Å². The first-order valence-corrected chi connectivity index (χ1v) is 9.06. The molecule has 0 saturated carbocycles. The monoisotopic (exact) mass is 326 g/mol. The average Bonchev–Trinajstić information content (AvgIpc) is 3.06. The summed E-state index contributed by atoms with van der Waals surface area (Å²) in [4.78, 5) is 17.9. The molecule has 128 valence electrons. The Labute approximate surface area is 143 Å². The van der Waals surface area contributed by atoms with Crippen LogP contribution >= 0.6 is 0 Å². The molecule has 0 aromatic carbocycles. The third kappa shape index (κ3) is 3.15. The molecule has 2 aromatic heterocycles. The molecule has 0 N–H and O–H groups in total. The van der Waals surface area contributed by atoms with Crippen molar-refractivity contribution in [1.82, 2.24) is 24.4 Å². The number of aryl methyl sites for hydroxylation is 1. The summed E-state index contributed by atoms with van der Waals surface area (Å²) in [5.41, 5.74) is 1.40. The lowest BCUT2D eigenvalue weighted by molar-refractivity contribution is 0.198. The number of nitrogens with zero attached hydrogens (tertiary/aromatic N) is 6. The number of anilines is 1. The Morgan fingerprint density at radius 2 is 2.04 bits per heavy atom. The van der Waals surface area contributed by atoms with Crippen molar-refractivity contribution in [2.75, 3.05) is 25.0 Å². The lowest BCUT2D eigenvalue weighted by atomic mass is 10.0. The molecule has 2 aromatic rings. The third-order valence-electron chi connectivity index (χ3n) is 5.47. The molecule has 2 aliphatic rings. The van der Waals surface area contributed by atoms with E-state index >= 15 is 0 Å². The van der Waals surface area contributed by atoms with E-state index in [-0.39, 0.29) is 0 Å². The van der Waals surface area contributed by atoms with Crippen LogP contribution in [0.1, 0.15) is 37.2 Å². The van der Waals surface area contributed by atoms with Gasteiger partial charge in [-0.1, -0.05) is 0 Å². The topological polar surface area (TPSA) is 50.1 Å². The molecule has 0 radical (unpaired) electrons. The fraction of sp³-hybridized carbons (Fsp3) is 0.611. The molecule has 4 rings (SSSR count). The van der Waals surface area contributed by atoms with Gasteiger partial charge in [0.15, 0.2) is 0 Å². The van der Waals surface area contributed by atoms with Crippen molar-refractivity contribution in [3.63, 3.8) is 0 Å². The van der Waals surface area contributed by atoms with Gasteiger partial charge in [-0.15, -0.1) is 0 Å².